The normalized spacial score (nSPS) is 24.5. The molecule has 1 aromatic rings. The summed E-state index contributed by atoms with van der Waals surface area (Å²) in [6, 6.07) is 4.68. The van der Waals surface area contributed by atoms with Gasteiger partial charge in [-0.05, 0) is 67.6 Å². The number of carbonyl (C=O) groups is 1. The van der Waals surface area contributed by atoms with E-state index >= 15 is 0 Å². The van der Waals surface area contributed by atoms with Crippen molar-refractivity contribution in [3.63, 3.8) is 0 Å². The van der Waals surface area contributed by atoms with Crippen LogP contribution in [0, 0.1) is 5.92 Å². The van der Waals surface area contributed by atoms with Crippen molar-refractivity contribution in [1.82, 2.24) is 0 Å². The Balaban J connectivity index is 1.79. The van der Waals surface area contributed by atoms with Crippen molar-refractivity contribution in [3.8, 4) is 5.75 Å². The molecule has 4 nitrogen and oxygen atoms in total. The van der Waals surface area contributed by atoms with E-state index in [1.54, 1.807) is 6.08 Å². The molecule has 1 aliphatic carbocycles. The maximum Gasteiger partial charge on any atom is 0.330 e. The second-order valence-electron chi connectivity index (χ2n) is 10.7. The van der Waals surface area contributed by atoms with Gasteiger partial charge in [-0.2, -0.15) is 0 Å². The highest BCUT2D eigenvalue weighted by molar-refractivity contribution is 5.83. The molecule has 1 N–H and O–H groups in total. The Bertz CT molecular complexity index is 910. The van der Waals surface area contributed by atoms with Crippen LogP contribution in [0.2, 0.25) is 0 Å². The van der Waals surface area contributed by atoms with Crippen molar-refractivity contribution < 1.29 is 19.4 Å². The number of hydrogen-bond donors (Lipinski definition) is 1. The summed E-state index contributed by atoms with van der Waals surface area (Å²) in [7, 11) is 0. The quantitative estimate of drug-likeness (QED) is 0.246. The predicted molar refractivity (Wildman–Crippen MR) is 134 cm³/mol. The highest BCUT2D eigenvalue weighted by Crippen LogP contribution is 2.57. The maximum atomic E-state index is 11.7. The van der Waals surface area contributed by atoms with Gasteiger partial charge in [-0.15, -0.1) is 0 Å². The van der Waals surface area contributed by atoms with Crippen LogP contribution in [-0.4, -0.2) is 30.4 Å². The smallest absolute Gasteiger partial charge is 0.330 e. The van der Waals surface area contributed by atoms with Crippen LogP contribution < -0.4 is 4.74 Å². The number of benzene rings is 1. The number of fused-ring (bicyclic) bond motifs is 1. The van der Waals surface area contributed by atoms with Gasteiger partial charge >= 0.3 is 5.97 Å². The number of unbranched alkanes of at least 4 members (excludes halogenated alkanes) is 1. The molecule has 1 aromatic carbocycles. The Kier molecular flexibility index (Phi) is 8.10. The lowest BCUT2D eigenvalue weighted by atomic mass is 9.81. The van der Waals surface area contributed by atoms with Gasteiger partial charge in [0.05, 0.1) is 19.3 Å². The molecule has 0 bridgehead atoms. The van der Waals surface area contributed by atoms with Crippen molar-refractivity contribution in [2.45, 2.75) is 97.0 Å². The highest BCUT2D eigenvalue weighted by Gasteiger charge is 2.50. The van der Waals surface area contributed by atoms with Gasteiger partial charge in [-0.1, -0.05) is 64.8 Å². The molecular formula is C29H42O4. The fourth-order valence-corrected chi connectivity index (χ4v) is 4.81. The van der Waals surface area contributed by atoms with E-state index in [4.69, 9.17) is 9.47 Å². The summed E-state index contributed by atoms with van der Waals surface area (Å²) >= 11 is 0. The van der Waals surface area contributed by atoms with Crippen molar-refractivity contribution in [2.24, 2.45) is 5.92 Å². The van der Waals surface area contributed by atoms with Crippen LogP contribution in [0.4, 0.5) is 0 Å². The average Bonchev–Trinajstić information content (AvgIpc) is 3.33. The summed E-state index contributed by atoms with van der Waals surface area (Å²) in [4.78, 5) is 11.7. The Hall–Kier alpha value is -2.07. The largest absolute Gasteiger partial charge is 0.492 e. The molecule has 1 fully saturated rings. The lowest BCUT2D eigenvalue weighted by Crippen LogP contribution is -2.19. The first-order valence-electron chi connectivity index (χ1n) is 12.6. The molecule has 1 saturated carbocycles. The molecule has 0 amide bonds. The van der Waals surface area contributed by atoms with E-state index in [9.17, 15) is 9.90 Å². The fourth-order valence-electron chi connectivity index (χ4n) is 4.81. The number of carbonyl (C=O) groups excluding carboxylic acids is 1. The maximum absolute atomic E-state index is 11.7. The first-order chi connectivity index (χ1) is 15.6. The molecule has 0 spiro atoms. The van der Waals surface area contributed by atoms with E-state index in [0.717, 1.165) is 49.8 Å². The van der Waals surface area contributed by atoms with E-state index in [1.165, 1.54) is 16.7 Å². The molecule has 3 rings (SSSR count). The molecule has 4 heteroatoms. The van der Waals surface area contributed by atoms with Crippen molar-refractivity contribution in [2.75, 3.05) is 13.2 Å². The lowest BCUT2D eigenvalue weighted by Gasteiger charge is -2.20. The molecule has 2 aliphatic rings. The number of allylic oxidation sites excluding steroid dienone is 3. The molecule has 3 atom stereocenters. The molecule has 0 aromatic heterocycles. The molecule has 182 valence electrons. The summed E-state index contributed by atoms with van der Waals surface area (Å²) in [6.07, 6.45) is 11.3. The number of aliphatic hydroxyl groups is 1. The SMILES string of the molecule is CCCCC(O)CCc1cc([C@@]2(C)C[C@H]2/C=C/C(C)=C/C(=O)OCC)cc2c1OCC2(C)C. The molecule has 33 heavy (non-hydrogen) atoms. The zero-order chi connectivity index (χ0) is 24.2. The second-order valence-corrected chi connectivity index (χ2v) is 10.7. The number of ether oxygens (including phenoxy) is 2. The summed E-state index contributed by atoms with van der Waals surface area (Å²) in [5.41, 5.74) is 4.89. The van der Waals surface area contributed by atoms with E-state index in [1.807, 2.05) is 19.9 Å². The van der Waals surface area contributed by atoms with Gasteiger partial charge in [-0.25, -0.2) is 4.79 Å². The third-order valence-corrected chi connectivity index (χ3v) is 7.30. The Morgan fingerprint density at radius 3 is 2.73 bits per heavy atom. The lowest BCUT2D eigenvalue weighted by molar-refractivity contribution is -0.137. The van der Waals surface area contributed by atoms with Crippen molar-refractivity contribution >= 4 is 5.97 Å². The molecule has 1 heterocycles. The number of aryl methyl sites for hydroxylation is 1. The van der Waals surface area contributed by atoms with Crippen LogP contribution in [0.1, 0.15) is 90.3 Å². The van der Waals surface area contributed by atoms with E-state index < -0.39 is 0 Å². The summed E-state index contributed by atoms with van der Waals surface area (Å²) in [6.45, 7) is 13.8. The zero-order valence-corrected chi connectivity index (χ0v) is 21.4. The van der Waals surface area contributed by atoms with Crippen LogP contribution >= 0.6 is 0 Å². The van der Waals surface area contributed by atoms with Crippen molar-refractivity contribution in [1.29, 1.82) is 0 Å². The van der Waals surface area contributed by atoms with Gasteiger partial charge in [0.25, 0.3) is 0 Å². The number of esters is 1. The second kappa shape index (κ2) is 10.5. The molecule has 1 unspecified atom stereocenters. The minimum Gasteiger partial charge on any atom is -0.492 e. The predicted octanol–water partition coefficient (Wildman–Crippen LogP) is 6.18. The van der Waals surface area contributed by atoms with Gasteiger partial charge in [-0.3, -0.25) is 0 Å². The van der Waals surface area contributed by atoms with E-state index in [0.29, 0.717) is 19.1 Å². The third-order valence-electron chi connectivity index (χ3n) is 7.30. The van der Waals surface area contributed by atoms with Crippen molar-refractivity contribution in [3.05, 3.63) is 52.6 Å². The molecule has 0 saturated heterocycles. The minimum atomic E-state index is -0.287. The first kappa shape index (κ1) is 25.6. The van der Waals surface area contributed by atoms with Gasteiger partial charge < -0.3 is 14.6 Å². The van der Waals surface area contributed by atoms with E-state index in [-0.39, 0.29) is 22.9 Å². The molecule has 1 aliphatic heterocycles. The fraction of sp³-hybridized carbons (Fsp3) is 0.621. The van der Waals surface area contributed by atoms with Gasteiger partial charge in [0, 0.05) is 17.1 Å². The summed E-state index contributed by atoms with van der Waals surface area (Å²) in [5, 5.41) is 10.4. The van der Waals surface area contributed by atoms with Crippen LogP contribution in [0.3, 0.4) is 0 Å². The van der Waals surface area contributed by atoms with Crippen LogP contribution in [-0.2, 0) is 26.8 Å². The van der Waals surface area contributed by atoms with E-state index in [2.05, 4.69) is 45.9 Å². The van der Waals surface area contributed by atoms with Crippen LogP contribution in [0.25, 0.3) is 0 Å². The Labute approximate surface area is 200 Å². The third kappa shape index (κ3) is 6.09. The standard InChI is InChI=1S/C29H42O4/c1-7-9-10-24(30)14-12-21-16-23(17-25-27(21)33-19-28(25,4)5)29(6)18-22(29)13-11-20(3)15-26(31)32-8-2/h11,13,15-17,22,24,30H,7-10,12,14,18-19H2,1-6H3/b13-11+,20-15+/t22-,24?,29+/m1/s1. The Morgan fingerprint density at radius 1 is 1.27 bits per heavy atom. The van der Waals surface area contributed by atoms with Gasteiger partial charge in [0.1, 0.15) is 5.75 Å². The topological polar surface area (TPSA) is 55.8 Å². The average molecular weight is 455 g/mol. The Morgan fingerprint density at radius 2 is 2.03 bits per heavy atom. The van der Waals surface area contributed by atoms with Gasteiger partial charge in [0.15, 0.2) is 0 Å². The highest BCUT2D eigenvalue weighted by atomic mass is 16.5. The summed E-state index contributed by atoms with van der Waals surface area (Å²) < 4.78 is 11.2. The monoisotopic (exact) mass is 454 g/mol. The summed E-state index contributed by atoms with van der Waals surface area (Å²) in [5.74, 6) is 1.19. The van der Waals surface area contributed by atoms with Crippen LogP contribution in [0.5, 0.6) is 5.75 Å². The number of rotatable bonds is 11. The van der Waals surface area contributed by atoms with Gasteiger partial charge in [0.2, 0.25) is 0 Å². The molecule has 0 radical (unpaired) electrons. The number of aliphatic hydroxyl groups excluding tert-OH is 1. The zero-order valence-electron chi connectivity index (χ0n) is 21.4. The number of hydrogen-bond acceptors (Lipinski definition) is 4. The van der Waals surface area contributed by atoms with Crippen LogP contribution in [0.15, 0.2) is 35.9 Å². The molecular weight excluding hydrogens is 412 g/mol. The first-order valence-corrected chi connectivity index (χ1v) is 12.6. The minimum absolute atomic E-state index is 0.00350.